The van der Waals surface area contributed by atoms with Crippen LogP contribution in [0.3, 0.4) is 0 Å². The number of likely N-dealkylation sites (tertiary alicyclic amines) is 1. The van der Waals surface area contributed by atoms with Gasteiger partial charge in [-0.05, 0) is 34.1 Å². The third-order valence-corrected chi connectivity index (χ3v) is 2.30. The lowest BCUT2D eigenvalue weighted by atomic mass is 10.1. The SMILES string of the molecule is CC(O)OC[C@@H]1CCN1C(=O)OC(C)(C)C. The van der Waals surface area contributed by atoms with E-state index in [-0.39, 0.29) is 12.1 Å². The predicted octanol–water partition coefficient (Wildman–Crippen LogP) is 1.35. The second-order valence-electron chi connectivity index (χ2n) is 5.05. The highest BCUT2D eigenvalue weighted by molar-refractivity contribution is 5.69. The number of rotatable bonds is 3. The Bertz CT molecular complexity index is 247. The number of ether oxygens (including phenoxy) is 2. The molecule has 94 valence electrons. The fourth-order valence-electron chi connectivity index (χ4n) is 1.43. The van der Waals surface area contributed by atoms with Crippen molar-refractivity contribution in [2.24, 2.45) is 0 Å². The van der Waals surface area contributed by atoms with Crippen LogP contribution >= 0.6 is 0 Å². The van der Waals surface area contributed by atoms with Crippen molar-refractivity contribution in [3.8, 4) is 0 Å². The molecule has 0 spiro atoms. The van der Waals surface area contributed by atoms with Gasteiger partial charge in [-0.25, -0.2) is 4.79 Å². The normalized spacial score (nSPS) is 22.6. The fraction of sp³-hybridized carbons (Fsp3) is 0.909. The summed E-state index contributed by atoms with van der Waals surface area (Å²) in [7, 11) is 0. The number of hydrogen-bond acceptors (Lipinski definition) is 4. The Morgan fingerprint density at radius 1 is 1.56 bits per heavy atom. The van der Waals surface area contributed by atoms with E-state index < -0.39 is 11.9 Å². The zero-order valence-electron chi connectivity index (χ0n) is 10.4. The van der Waals surface area contributed by atoms with Crippen LogP contribution in [0, 0.1) is 0 Å². The van der Waals surface area contributed by atoms with Gasteiger partial charge in [0.05, 0.1) is 12.6 Å². The lowest BCUT2D eigenvalue weighted by Gasteiger charge is -2.41. The molecule has 1 unspecified atom stereocenters. The molecule has 0 saturated carbocycles. The van der Waals surface area contributed by atoms with E-state index in [0.717, 1.165) is 6.42 Å². The van der Waals surface area contributed by atoms with Crippen molar-refractivity contribution >= 4 is 6.09 Å². The van der Waals surface area contributed by atoms with E-state index in [1.54, 1.807) is 11.8 Å². The lowest BCUT2D eigenvalue weighted by molar-refractivity contribution is -0.114. The van der Waals surface area contributed by atoms with E-state index in [2.05, 4.69) is 0 Å². The molecule has 0 aliphatic carbocycles. The van der Waals surface area contributed by atoms with Gasteiger partial charge in [0, 0.05) is 6.54 Å². The lowest BCUT2D eigenvalue weighted by Crippen LogP contribution is -2.54. The molecule has 1 aliphatic rings. The van der Waals surface area contributed by atoms with Crippen LogP contribution in [0.2, 0.25) is 0 Å². The topological polar surface area (TPSA) is 59.0 Å². The number of hydrogen-bond donors (Lipinski definition) is 1. The van der Waals surface area contributed by atoms with Crippen molar-refractivity contribution in [1.29, 1.82) is 0 Å². The third kappa shape index (κ3) is 3.98. The highest BCUT2D eigenvalue weighted by Crippen LogP contribution is 2.21. The van der Waals surface area contributed by atoms with Crippen LogP contribution in [0.4, 0.5) is 4.79 Å². The highest BCUT2D eigenvalue weighted by Gasteiger charge is 2.35. The van der Waals surface area contributed by atoms with Crippen LogP contribution in [0.1, 0.15) is 34.1 Å². The standard InChI is InChI=1S/C11H21NO4/c1-8(13)15-7-9-5-6-12(9)10(14)16-11(2,3)4/h8-9,13H,5-7H2,1-4H3/t8?,9-/m0/s1. The van der Waals surface area contributed by atoms with Crippen LogP contribution in [0.15, 0.2) is 0 Å². The molecule has 1 amide bonds. The van der Waals surface area contributed by atoms with Crippen molar-refractivity contribution in [1.82, 2.24) is 4.90 Å². The van der Waals surface area contributed by atoms with Crippen molar-refractivity contribution < 1.29 is 19.4 Å². The molecular formula is C11H21NO4. The van der Waals surface area contributed by atoms with Gasteiger partial charge in [-0.15, -0.1) is 0 Å². The number of carbonyl (C=O) groups excluding carboxylic acids is 1. The molecule has 0 aromatic heterocycles. The van der Waals surface area contributed by atoms with Crippen LogP contribution in [0.25, 0.3) is 0 Å². The Morgan fingerprint density at radius 3 is 2.56 bits per heavy atom. The Morgan fingerprint density at radius 2 is 2.19 bits per heavy atom. The number of nitrogens with zero attached hydrogens (tertiary/aromatic N) is 1. The third-order valence-electron chi connectivity index (χ3n) is 2.30. The summed E-state index contributed by atoms with van der Waals surface area (Å²) in [6, 6.07) is 0.0319. The largest absolute Gasteiger partial charge is 0.444 e. The summed E-state index contributed by atoms with van der Waals surface area (Å²) in [6.45, 7) is 8.13. The zero-order valence-corrected chi connectivity index (χ0v) is 10.4. The molecule has 0 bridgehead atoms. The first-order valence-electron chi connectivity index (χ1n) is 5.59. The van der Waals surface area contributed by atoms with Crippen molar-refractivity contribution in [3.63, 3.8) is 0 Å². The van der Waals surface area contributed by atoms with E-state index in [9.17, 15) is 4.79 Å². The molecule has 16 heavy (non-hydrogen) atoms. The summed E-state index contributed by atoms with van der Waals surface area (Å²) in [5.41, 5.74) is -0.470. The van der Waals surface area contributed by atoms with Gasteiger partial charge in [0.15, 0.2) is 6.29 Å². The van der Waals surface area contributed by atoms with Crippen molar-refractivity contribution in [2.45, 2.75) is 52.0 Å². The summed E-state index contributed by atoms with van der Waals surface area (Å²) in [6.07, 6.45) is -0.203. The molecule has 2 atom stereocenters. The summed E-state index contributed by atoms with van der Waals surface area (Å²) < 4.78 is 10.3. The average Bonchev–Trinajstić information content (AvgIpc) is 1.96. The molecule has 0 radical (unpaired) electrons. The molecule has 1 fully saturated rings. The van der Waals surface area contributed by atoms with Gasteiger partial charge < -0.3 is 19.5 Å². The Labute approximate surface area is 96.3 Å². The number of carbonyl (C=O) groups is 1. The van der Waals surface area contributed by atoms with E-state index in [4.69, 9.17) is 14.6 Å². The molecule has 5 heteroatoms. The van der Waals surface area contributed by atoms with Gasteiger partial charge >= 0.3 is 6.09 Å². The highest BCUT2D eigenvalue weighted by atomic mass is 16.6. The average molecular weight is 231 g/mol. The summed E-state index contributed by atoms with van der Waals surface area (Å²) >= 11 is 0. The second kappa shape index (κ2) is 5.01. The molecule has 1 saturated heterocycles. The van der Waals surface area contributed by atoms with Crippen LogP contribution in [0.5, 0.6) is 0 Å². The van der Waals surface area contributed by atoms with Crippen molar-refractivity contribution in [3.05, 3.63) is 0 Å². The van der Waals surface area contributed by atoms with E-state index in [1.807, 2.05) is 20.8 Å². The minimum Gasteiger partial charge on any atom is -0.444 e. The molecule has 1 heterocycles. The maximum Gasteiger partial charge on any atom is 0.410 e. The Hall–Kier alpha value is -0.810. The van der Waals surface area contributed by atoms with E-state index in [0.29, 0.717) is 13.2 Å². The molecule has 0 aromatic carbocycles. The van der Waals surface area contributed by atoms with Crippen LogP contribution in [-0.4, -0.2) is 47.2 Å². The van der Waals surface area contributed by atoms with Gasteiger partial charge in [-0.3, -0.25) is 0 Å². The van der Waals surface area contributed by atoms with Gasteiger partial charge in [0.2, 0.25) is 0 Å². The Kier molecular flexibility index (Phi) is 4.15. The summed E-state index contributed by atoms with van der Waals surface area (Å²) in [5.74, 6) is 0. The Balaban J connectivity index is 2.34. The quantitative estimate of drug-likeness (QED) is 0.745. The molecule has 1 aliphatic heterocycles. The first-order valence-corrected chi connectivity index (χ1v) is 5.59. The molecule has 0 aromatic rings. The summed E-state index contributed by atoms with van der Waals surface area (Å²) in [5, 5.41) is 8.98. The molecule has 1 N–H and O–H groups in total. The minimum absolute atomic E-state index is 0.0319. The first-order chi connectivity index (χ1) is 7.29. The maximum atomic E-state index is 11.7. The fourth-order valence-corrected chi connectivity index (χ4v) is 1.43. The number of aliphatic hydroxyl groups is 1. The maximum absolute atomic E-state index is 11.7. The van der Waals surface area contributed by atoms with E-state index >= 15 is 0 Å². The van der Waals surface area contributed by atoms with Crippen LogP contribution in [-0.2, 0) is 9.47 Å². The van der Waals surface area contributed by atoms with Crippen molar-refractivity contribution in [2.75, 3.05) is 13.2 Å². The molecular weight excluding hydrogens is 210 g/mol. The van der Waals surface area contributed by atoms with Gasteiger partial charge in [-0.2, -0.15) is 0 Å². The molecule has 5 nitrogen and oxygen atoms in total. The monoisotopic (exact) mass is 231 g/mol. The smallest absolute Gasteiger partial charge is 0.410 e. The van der Waals surface area contributed by atoms with Gasteiger partial charge in [0.1, 0.15) is 5.60 Å². The first kappa shape index (κ1) is 13.3. The minimum atomic E-state index is -0.791. The molecule has 1 rings (SSSR count). The summed E-state index contributed by atoms with van der Waals surface area (Å²) in [4.78, 5) is 13.3. The van der Waals surface area contributed by atoms with Gasteiger partial charge in [0.25, 0.3) is 0 Å². The number of amides is 1. The van der Waals surface area contributed by atoms with E-state index in [1.165, 1.54) is 0 Å². The van der Waals surface area contributed by atoms with Gasteiger partial charge in [-0.1, -0.05) is 0 Å². The van der Waals surface area contributed by atoms with Crippen LogP contribution < -0.4 is 0 Å². The zero-order chi connectivity index (χ0) is 12.3. The number of aliphatic hydroxyl groups excluding tert-OH is 1. The predicted molar refractivity (Wildman–Crippen MR) is 59.0 cm³/mol. The second-order valence-corrected chi connectivity index (χ2v) is 5.05.